The van der Waals surface area contributed by atoms with Gasteiger partial charge in [-0.05, 0) is 37.0 Å². The molecule has 0 aliphatic heterocycles. The third-order valence-electron chi connectivity index (χ3n) is 4.23. The van der Waals surface area contributed by atoms with Crippen molar-refractivity contribution in [3.8, 4) is 0 Å². The molecular formula is C13H24N2O. The summed E-state index contributed by atoms with van der Waals surface area (Å²) in [4.78, 5) is 11.8. The quantitative estimate of drug-likeness (QED) is 0.765. The second-order valence-electron chi connectivity index (χ2n) is 6.00. The number of carbonyl (C=O) groups excluding carboxylic acids is 1. The molecule has 2 fully saturated rings. The van der Waals surface area contributed by atoms with Crippen LogP contribution in [0.3, 0.4) is 0 Å². The Bertz CT molecular complexity index is 261. The van der Waals surface area contributed by atoms with E-state index < -0.39 is 0 Å². The monoisotopic (exact) mass is 224 g/mol. The molecule has 2 rings (SSSR count). The summed E-state index contributed by atoms with van der Waals surface area (Å²) in [6.07, 6.45) is 7.85. The maximum absolute atomic E-state index is 11.8. The first-order valence-electron chi connectivity index (χ1n) is 6.61. The predicted octanol–water partition coefficient (Wildman–Crippen LogP) is 1.81. The molecule has 0 radical (unpaired) electrons. The number of carbonyl (C=O) groups is 1. The van der Waals surface area contributed by atoms with Crippen LogP contribution in [-0.2, 0) is 4.79 Å². The normalized spacial score (nSPS) is 32.1. The van der Waals surface area contributed by atoms with Crippen molar-refractivity contribution in [1.29, 1.82) is 0 Å². The number of hydrogen-bond acceptors (Lipinski definition) is 2. The standard InChI is InChI=1S/C13H24N2O/c1-13(6-7-13)9-15-12(16)8-10-4-2-3-5-11(10)14/h10-11H,2-9,14H2,1H3,(H,15,16). The fourth-order valence-corrected chi connectivity index (χ4v) is 2.50. The Hall–Kier alpha value is -0.570. The summed E-state index contributed by atoms with van der Waals surface area (Å²) < 4.78 is 0. The first-order valence-corrected chi connectivity index (χ1v) is 6.61. The van der Waals surface area contributed by atoms with Gasteiger partial charge in [0.25, 0.3) is 0 Å². The van der Waals surface area contributed by atoms with E-state index in [2.05, 4.69) is 12.2 Å². The minimum atomic E-state index is 0.204. The Labute approximate surface area is 98.2 Å². The summed E-state index contributed by atoms with van der Waals surface area (Å²) >= 11 is 0. The topological polar surface area (TPSA) is 55.1 Å². The van der Waals surface area contributed by atoms with Gasteiger partial charge < -0.3 is 11.1 Å². The van der Waals surface area contributed by atoms with Gasteiger partial charge in [0.15, 0.2) is 0 Å². The Morgan fingerprint density at radius 1 is 1.38 bits per heavy atom. The van der Waals surface area contributed by atoms with Gasteiger partial charge in [0.2, 0.25) is 5.91 Å². The summed E-state index contributed by atoms with van der Waals surface area (Å²) in [5.41, 5.74) is 6.45. The van der Waals surface area contributed by atoms with Crippen molar-refractivity contribution < 1.29 is 4.79 Å². The number of nitrogens with one attached hydrogen (secondary N) is 1. The molecule has 3 nitrogen and oxygen atoms in total. The zero-order valence-corrected chi connectivity index (χ0v) is 10.3. The van der Waals surface area contributed by atoms with Gasteiger partial charge in [-0.2, -0.15) is 0 Å². The summed E-state index contributed by atoms with van der Waals surface area (Å²) in [5, 5.41) is 3.06. The molecule has 2 unspecified atom stereocenters. The van der Waals surface area contributed by atoms with Gasteiger partial charge in [0.05, 0.1) is 0 Å². The molecule has 2 aliphatic rings. The molecule has 16 heavy (non-hydrogen) atoms. The SMILES string of the molecule is CC1(CNC(=O)CC2CCCCC2N)CC1. The van der Waals surface area contributed by atoms with E-state index in [0.717, 1.165) is 19.4 Å². The second-order valence-corrected chi connectivity index (χ2v) is 6.00. The minimum Gasteiger partial charge on any atom is -0.356 e. The van der Waals surface area contributed by atoms with Crippen molar-refractivity contribution in [2.24, 2.45) is 17.1 Å². The van der Waals surface area contributed by atoms with Crippen LogP contribution in [-0.4, -0.2) is 18.5 Å². The largest absolute Gasteiger partial charge is 0.356 e. The van der Waals surface area contributed by atoms with Gasteiger partial charge in [-0.15, -0.1) is 0 Å². The molecule has 3 heteroatoms. The molecule has 2 saturated carbocycles. The van der Waals surface area contributed by atoms with Gasteiger partial charge >= 0.3 is 0 Å². The molecular weight excluding hydrogens is 200 g/mol. The highest BCUT2D eigenvalue weighted by Gasteiger charge is 2.37. The average molecular weight is 224 g/mol. The van der Waals surface area contributed by atoms with Crippen LogP contribution >= 0.6 is 0 Å². The highest BCUT2D eigenvalue weighted by atomic mass is 16.1. The maximum atomic E-state index is 11.8. The summed E-state index contributed by atoms with van der Waals surface area (Å²) in [5.74, 6) is 0.622. The molecule has 92 valence electrons. The van der Waals surface area contributed by atoms with Gasteiger partial charge in [0.1, 0.15) is 0 Å². The predicted molar refractivity (Wildman–Crippen MR) is 64.9 cm³/mol. The molecule has 0 spiro atoms. The Morgan fingerprint density at radius 3 is 2.69 bits per heavy atom. The van der Waals surface area contributed by atoms with Crippen LogP contribution in [0, 0.1) is 11.3 Å². The molecule has 2 atom stereocenters. The average Bonchev–Trinajstić information content (AvgIpc) is 2.98. The zero-order valence-electron chi connectivity index (χ0n) is 10.3. The van der Waals surface area contributed by atoms with E-state index in [-0.39, 0.29) is 11.9 Å². The van der Waals surface area contributed by atoms with Crippen molar-refractivity contribution in [3.05, 3.63) is 0 Å². The third kappa shape index (κ3) is 3.21. The first-order chi connectivity index (χ1) is 7.59. The fraction of sp³-hybridized carbons (Fsp3) is 0.923. The third-order valence-corrected chi connectivity index (χ3v) is 4.23. The fourth-order valence-electron chi connectivity index (χ4n) is 2.50. The second kappa shape index (κ2) is 4.74. The molecule has 0 saturated heterocycles. The zero-order chi connectivity index (χ0) is 11.6. The highest BCUT2D eigenvalue weighted by Crippen LogP contribution is 2.44. The van der Waals surface area contributed by atoms with Crippen LogP contribution < -0.4 is 11.1 Å². The van der Waals surface area contributed by atoms with Crippen LogP contribution in [0.2, 0.25) is 0 Å². The summed E-state index contributed by atoms with van der Waals surface area (Å²) in [6.45, 7) is 3.09. The van der Waals surface area contributed by atoms with Crippen LogP contribution in [0.15, 0.2) is 0 Å². The molecule has 2 aliphatic carbocycles. The number of hydrogen-bond donors (Lipinski definition) is 2. The van der Waals surface area contributed by atoms with E-state index in [4.69, 9.17) is 5.73 Å². The summed E-state index contributed by atoms with van der Waals surface area (Å²) in [7, 11) is 0. The van der Waals surface area contributed by atoms with Crippen LogP contribution in [0.25, 0.3) is 0 Å². The highest BCUT2D eigenvalue weighted by molar-refractivity contribution is 5.76. The summed E-state index contributed by atoms with van der Waals surface area (Å²) in [6, 6.07) is 0.246. The molecule has 0 aromatic heterocycles. The molecule has 0 aromatic rings. The van der Waals surface area contributed by atoms with Crippen LogP contribution in [0.5, 0.6) is 0 Å². The van der Waals surface area contributed by atoms with Crippen LogP contribution in [0.4, 0.5) is 0 Å². The number of nitrogens with two attached hydrogens (primary N) is 1. The van der Waals surface area contributed by atoms with E-state index in [1.807, 2.05) is 0 Å². The minimum absolute atomic E-state index is 0.204. The Kier molecular flexibility index (Phi) is 3.53. The molecule has 0 aromatic carbocycles. The van der Waals surface area contributed by atoms with Crippen molar-refractivity contribution in [2.75, 3.05) is 6.54 Å². The van der Waals surface area contributed by atoms with Gasteiger partial charge in [-0.25, -0.2) is 0 Å². The Balaban J connectivity index is 1.69. The number of amides is 1. The van der Waals surface area contributed by atoms with Crippen molar-refractivity contribution >= 4 is 5.91 Å². The maximum Gasteiger partial charge on any atom is 0.220 e. The number of rotatable bonds is 4. The molecule has 0 heterocycles. The van der Waals surface area contributed by atoms with Gasteiger partial charge in [-0.3, -0.25) is 4.79 Å². The van der Waals surface area contributed by atoms with E-state index in [0.29, 0.717) is 17.8 Å². The molecule has 3 N–H and O–H groups in total. The first kappa shape index (κ1) is 11.9. The van der Waals surface area contributed by atoms with Crippen molar-refractivity contribution in [2.45, 2.75) is 57.9 Å². The smallest absolute Gasteiger partial charge is 0.220 e. The van der Waals surface area contributed by atoms with E-state index in [1.54, 1.807) is 0 Å². The van der Waals surface area contributed by atoms with Gasteiger partial charge in [0, 0.05) is 19.0 Å². The van der Waals surface area contributed by atoms with Gasteiger partial charge in [-0.1, -0.05) is 19.8 Å². The van der Waals surface area contributed by atoms with E-state index in [1.165, 1.54) is 25.7 Å². The van der Waals surface area contributed by atoms with Crippen molar-refractivity contribution in [3.63, 3.8) is 0 Å². The lowest BCUT2D eigenvalue weighted by atomic mass is 9.83. The Morgan fingerprint density at radius 2 is 2.06 bits per heavy atom. The van der Waals surface area contributed by atoms with Crippen molar-refractivity contribution in [1.82, 2.24) is 5.32 Å². The van der Waals surface area contributed by atoms with E-state index in [9.17, 15) is 4.79 Å². The van der Waals surface area contributed by atoms with Crippen LogP contribution in [0.1, 0.15) is 51.9 Å². The molecule has 0 bridgehead atoms. The lowest BCUT2D eigenvalue weighted by molar-refractivity contribution is -0.122. The lowest BCUT2D eigenvalue weighted by Gasteiger charge is -2.28. The molecule has 1 amide bonds. The lowest BCUT2D eigenvalue weighted by Crippen LogP contribution is -2.38. The van der Waals surface area contributed by atoms with E-state index >= 15 is 0 Å².